The summed E-state index contributed by atoms with van der Waals surface area (Å²) in [4.78, 5) is 6.65. The molecule has 0 saturated carbocycles. The minimum absolute atomic E-state index is 0.974. The number of hydrogen-bond acceptors (Lipinski definition) is 1. The predicted octanol–water partition coefficient (Wildman–Crippen LogP) is 3.87. The van der Waals surface area contributed by atoms with E-state index in [0.29, 0.717) is 0 Å². The number of nitrogens with zero attached hydrogens (tertiary/aromatic N) is 2. The second-order valence-corrected chi connectivity index (χ2v) is 3.89. The number of hydrogen-bond donors (Lipinski definition) is 0. The van der Waals surface area contributed by atoms with Gasteiger partial charge in [0.05, 0.1) is 5.69 Å². The second-order valence-electron chi connectivity index (χ2n) is 3.89. The fourth-order valence-electron chi connectivity index (χ4n) is 1.60. The van der Waals surface area contributed by atoms with Crippen LogP contribution in [0.2, 0.25) is 0 Å². The fraction of sp³-hybridized carbons (Fsp3) is 0.133. The highest BCUT2D eigenvalue weighted by Gasteiger charge is 2.02. The molecule has 2 rings (SSSR count). The van der Waals surface area contributed by atoms with E-state index in [1.165, 1.54) is 0 Å². The van der Waals surface area contributed by atoms with E-state index in [0.717, 1.165) is 17.2 Å². The number of anilines is 1. The molecule has 17 heavy (non-hydrogen) atoms. The van der Waals surface area contributed by atoms with Gasteiger partial charge in [0.25, 0.3) is 0 Å². The van der Waals surface area contributed by atoms with E-state index in [2.05, 4.69) is 22.0 Å². The van der Waals surface area contributed by atoms with E-state index in [4.69, 9.17) is 0 Å². The van der Waals surface area contributed by atoms with Crippen LogP contribution in [0.1, 0.15) is 6.92 Å². The van der Waals surface area contributed by atoms with Crippen molar-refractivity contribution in [1.82, 2.24) is 0 Å². The third-order valence-corrected chi connectivity index (χ3v) is 2.68. The third kappa shape index (κ3) is 2.94. The summed E-state index contributed by atoms with van der Waals surface area (Å²) in [7, 11) is 2.02. The van der Waals surface area contributed by atoms with Crippen LogP contribution in [0.3, 0.4) is 0 Å². The van der Waals surface area contributed by atoms with Gasteiger partial charge in [-0.25, -0.2) is 4.99 Å². The molecule has 2 heteroatoms. The summed E-state index contributed by atoms with van der Waals surface area (Å²) in [5.41, 5.74) is 2.12. The Hall–Kier alpha value is -2.09. The highest BCUT2D eigenvalue weighted by molar-refractivity contribution is 5.96. The normalized spacial score (nSPS) is 11.3. The molecule has 0 aliphatic rings. The molecule has 0 atom stereocenters. The van der Waals surface area contributed by atoms with E-state index in [9.17, 15) is 0 Å². The van der Waals surface area contributed by atoms with Gasteiger partial charge in [-0.05, 0) is 31.2 Å². The van der Waals surface area contributed by atoms with Gasteiger partial charge >= 0.3 is 0 Å². The first kappa shape index (κ1) is 11.4. The molecule has 0 aliphatic heterocycles. The molecule has 0 amide bonds. The van der Waals surface area contributed by atoms with Crippen molar-refractivity contribution in [3.05, 3.63) is 60.7 Å². The molecule has 0 aromatic heterocycles. The lowest BCUT2D eigenvalue weighted by Gasteiger charge is -2.18. The second kappa shape index (κ2) is 5.30. The molecule has 2 nitrogen and oxygen atoms in total. The number of benzene rings is 2. The minimum Gasteiger partial charge on any atom is -0.333 e. The molecule has 86 valence electrons. The Labute approximate surface area is 102 Å². The first-order valence-corrected chi connectivity index (χ1v) is 5.66. The van der Waals surface area contributed by atoms with E-state index < -0.39 is 0 Å². The topological polar surface area (TPSA) is 15.6 Å². The molecule has 2 aromatic rings. The molecule has 0 saturated heterocycles. The molecule has 0 N–H and O–H groups in total. The van der Waals surface area contributed by atoms with Gasteiger partial charge in [0.1, 0.15) is 5.84 Å². The summed E-state index contributed by atoms with van der Waals surface area (Å²) in [6.45, 7) is 2.01. The maximum Gasteiger partial charge on any atom is 0.106 e. The summed E-state index contributed by atoms with van der Waals surface area (Å²) in [5, 5.41) is 0. The van der Waals surface area contributed by atoms with Gasteiger partial charge in [0, 0.05) is 12.7 Å². The van der Waals surface area contributed by atoms with E-state index in [1.807, 2.05) is 62.5 Å². The van der Waals surface area contributed by atoms with E-state index >= 15 is 0 Å². The predicted molar refractivity (Wildman–Crippen MR) is 74.1 cm³/mol. The number of amidine groups is 1. The molecule has 0 unspecified atom stereocenters. The van der Waals surface area contributed by atoms with Crippen LogP contribution in [-0.2, 0) is 0 Å². The zero-order valence-corrected chi connectivity index (χ0v) is 10.2. The van der Waals surface area contributed by atoms with Gasteiger partial charge in [-0.2, -0.15) is 0 Å². The van der Waals surface area contributed by atoms with Crippen LogP contribution in [0, 0.1) is 0 Å². The van der Waals surface area contributed by atoms with Crippen molar-refractivity contribution < 1.29 is 0 Å². The van der Waals surface area contributed by atoms with Gasteiger partial charge < -0.3 is 4.90 Å². The Morgan fingerprint density at radius 3 is 2.00 bits per heavy atom. The molecule has 0 aliphatic carbocycles. The Kier molecular flexibility index (Phi) is 3.55. The standard InChI is InChI=1S/C15H16N2/c1-13(16-14-9-5-3-6-10-14)17(2)15-11-7-4-8-12-15/h3-12H,1-2H3/b16-13+. The summed E-state index contributed by atoms with van der Waals surface area (Å²) in [6, 6.07) is 20.2. The van der Waals surface area contributed by atoms with Crippen LogP contribution < -0.4 is 4.90 Å². The number of aliphatic imine (C=N–C) groups is 1. The van der Waals surface area contributed by atoms with Crippen LogP contribution in [0.4, 0.5) is 11.4 Å². The van der Waals surface area contributed by atoms with Crippen molar-refractivity contribution >= 4 is 17.2 Å². The van der Waals surface area contributed by atoms with Gasteiger partial charge in [-0.1, -0.05) is 36.4 Å². The molecule has 0 spiro atoms. The molecule has 0 bridgehead atoms. The lowest BCUT2D eigenvalue weighted by atomic mass is 10.3. The zero-order chi connectivity index (χ0) is 12.1. The van der Waals surface area contributed by atoms with Crippen LogP contribution in [0.15, 0.2) is 65.7 Å². The van der Waals surface area contributed by atoms with Crippen molar-refractivity contribution in [2.24, 2.45) is 4.99 Å². The molecular weight excluding hydrogens is 208 g/mol. The van der Waals surface area contributed by atoms with Crippen molar-refractivity contribution in [3.63, 3.8) is 0 Å². The number of rotatable bonds is 2. The lowest BCUT2D eigenvalue weighted by Crippen LogP contribution is -2.22. The zero-order valence-electron chi connectivity index (χ0n) is 10.2. The van der Waals surface area contributed by atoms with Crippen molar-refractivity contribution in [1.29, 1.82) is 0 Å². The minimum atomic E-state index is 0.974. The summed E-state index contributed by atoms with van der Waals surface area (Å²) in [5.74, 6) is 0.974. The Balaban J connectivity index is 2.21. The smallest absolute Gasteiger partial charge is 0.106 e. The number of para-hydroxylation sites is 2. The van der Waals surface area contributed by atoms with Gasteiger partial charge in [0.2, 0.25) is 0 Å². The third-order valence-electron chi connectivity index (χ3n) is 2.68. The lowest BCUT2D eigenvalue weighted by molar-refractivity contribution is 1.23. The quantitative estimate of drug-likeness (QED) is 0.558. The maximum atomic E-state index is 4.58. The Morgan fingerprint density at radius 1 is 0.882 bits per heavy atom. The maximum absolute atomic E-state index is 4.58. The van der Waals surface area contributed by atoms with Crippen molar-refractivity contribution in [2.75, 3.05) is 11.9 Å². The summed E-state index contributed by atoms with van der Waals surface area (Å²) < 4.78 is 0. The van der Waals surface area contributed by atoms with E-state index in [-0.39, 0.29) is 0 Å². The molecular formula is C15H16N2. The molecule has 2 aromatic carbocycles. The summed E-state index contributed by atoms with van der Waals surface area (Å²) >= 11 is 0. The first-order chi connectivity index (χ1) is 8.27. The molecule has 0 heterocycles. The van der Waals surface area contributed by atoms with Crippen LogP contribution >= 0.6 is 0 Å². The monoisotopic (exact) mass is 224 g/mol. The van der Waals surface area contributed by atoms with Gasteiger partial charge in [-0.15, -0.1) is 0 Å². The summed E-state index contributed by atoms with van der Waals surface area (Å²) in [6.07, 6.45) is 0. The highest BCUT2D eigenvalue weighted by Crippen LogP contribution is 2.15. The Bertz CT molecular complexity index is 489. The van der Waals surface area contributed by atoms with Gasteiger partial charge in [-0.3, -0.25) is 0 Å². The largest absolute Gasteiger partial charge is 0.333 e. The first-order valence-electron chi connectivity index (χ1n) is 5.66. The van der Waals surface area contributed by atoms with E-state index in [1.54, 1.807) is 0 Å². The average Bonchev–Trinajstić information content (AvgIpc) is 2.40. The molecule has 0 fully saturated rings. The fourth-order valence-corrected chi connectivity index (χ4v) is 1.60. The highest BCUT2D eigenvalue weighted by atomic mass is 15.2. The van der Waals surface area contributed by atoms with Crippen LogP contribution in [0.25, 0.3) is 0 Å². The Morgan fingerprint density at radius 2 is 1.41 bits per heavy atom. The van der Waals surface area contributed by atoms with Crippen LogP contribution in [0.5, 0.6) is 0 Å². The van der Waals surface area contributed by atoms with Crippen LogP contribution in [-0.4, -0.2) is 12.9 Å². The van der Waals surface area contributed by atoms with Crippen molar-refractivity contribution in [3.8, 4) is 0 Å². The van der Waals surface area contributed by atoms with Gasteiger partial charge in [0.15, 0.2) is 0 Å². The van der Waals surface area contributed by atoms with Crippen molar-refractivity contribution in [2.45, 2.75) is 6.92 Å². The molecule has 0 radical (unpaired) electrons. The SMILES string of the molecule is C/C(=N\c1ccccc1)N(C)c1ccccc1. The average molecular weight is 224 g/mol.